The Hall–Kier alpha value is -6.39. The van der Waals surface area contributed by atoms with Gasteiger partial charge in [0.1, 0.15) is 0 Å². The molecule has 52 heavy (non-hydrogen) atoms. The Morgan fingerprint density at radius 3 is 1.62 bits per heavy atom. The summed E-state index contributed by atoms with van der Waals surface area (Å²) in [6.07, 6.45) is 4.37. The van der Waals surface area contributed by atoms with Crippen LogP contribution in [0, 0.1) is 0 Å². The zero-order chi connectivity index (χ0) is 35.2. The van der Waals surface area contributed by atoms with E-state index in [0.717, 1.165) is 45.5 Å². The van der Waals surface area contributed by atoms with Crippen molar-refractivity contribution in [2.24, 2.45) is 0 Å². The minimum atomic E-state index is -0.0547. The maximum absolute atomic E-state index is 5.13. The topological polar surface area (TPSA) is 50.7 Å². The van der Waals surface area contributed by atoms with Crippen molar-refractivity contribution in [2.75, 3.05) is 6.54 Å². The molecule has 0 saturated heterocycles. The van der Waals surface area contributed by atoms with Gasteiger partial charge in [-0.05, 0) is 99.0 Å². The number of hydrogen-bond donors (Lipinski definition) is 1. The van der Waals surface area contributed by atoms with E-state index in [2.05, 4.69) is 147 Å². The van der Waals surface area contributed by atoms with Crippen molar-refractivity contribution < 1.29 is 0 Å². The number of allylic oxidation sites excluding steroid dienone is 3. The van der Waals surface area contributed by atoms with Gasteiger partial charge in [0.05, 0.1) is 0 Å². The minimum absolute atomic E-state index is 0.0547. The molecule has 4 heteroatoms. The van der Waals surface area contributed by atoms with Gasteiger partial charge in [-0.2, -0.15) is 0 Å². The van der Waals surface area contributed by atoms with Crippen LogP contribution in [-0.2, 0) is 5.41 Å². The number of nitrogens with zero attached hydrogens (tertiary/aromatic N) is 3. The summed E-state index contributed by atoms with van der Waals surface area (Å²) in [6, 6.07) is 51.7. The molecule has 1 aromatic heterocycles. The second-order valence-electron chi connectivity index (χ2n) is 14.2. The quantitative estimate of drug-likeness (QED) is 0.191. The van der Waals surface area contributed by atoms with Crippen LogP contribution in [-0.4, -0.2) is 21.5 Å². The van der Waals surface area contributed by atoms with E-state index in [1.54, 1.807) is 0 Å². The van der Waals surface area contributed by atoms with Crippen LogP contribution in [0.3, 0.4) is 0 Å². The van der Waals surface area contributed by atoms with Crippen molar-refractivity contribution >= 4 is 5.57 Å². The first-order valence-electron chi connectivity index (χ1n) is 17.9. The van der Waals surface area contributed by atoms with Gasteiger partial charge in [-0.25, -0.2) is 15.0 Å². The van der Waals surface area contributed by atoms with Crippen molar-refractivity contribution in [1.82, 2.24) is 20.3 Å². The number of dihydropyridines is 1. The molecular formula is C48H38N4. The van der Waals surface area contributed by atoms with E-state index in [1.807, 2.05) is 36.4 Å². The summed E-state index contributed by atoms with van der Waals surface area (Å²) in [5, 5.41) is 3.49. The third kappa shape index (κ3) is 5.72. The van der Waals surface area contributed by atoms with Crippen molar-refractivity contribution in [1.29, 1.82) is 0 Å². The molecule has 0 amide bonds. The van der Waals surface area contributed by atoms with Crippen molar-refractivity contribution in [3.8, 4) is 67.5 Å². The summed E-state index contributed by atoms with van der Waals surface area (Å²) in [5.41, 5.74) is 16.3. The largest absolute Gasteiger partial charge is 0.384 e. The molecule has 250 valence electrons. The van der Waals surface area contributed by atoms with Gasteiger partial charge in [-0.1, -0.05) is 135 Å². The van der Waals surface area contributed by atoms with E-state index in [1.165, 1.54) is 39.1 Å². The number of benzene rings is 6. The number of hydrogen-bond acceptors (Lipinski definition) is 4. The Bertz CT molecular complexity index is 2490. The summed E-state index contributed by atoms with van der Waals surface area (Å²) in [4.78, 5) is 15.2. The average Bonchev–Trinajstić information content (AvgIpc) is 3.44. The normalized spacial score (nSPS) is 14.1. The molecule has 1 N–H and O–H groups in total. The highest BCUT2D eigenvalue weighted by Crippen LogP contribution is 2.49. The van der Waals surface area contributed by atoms with Gasteiger partial charge >= 0.3 is 0 Å². The summed E-state index contributed by atoms with van der Waals surface area (Å²) in [6.45, 7) is 7.56. The van der Waals surface area contributed by atoms with Gasteiger partial charge < -0.3 is 5.32 Å². The molecule has 0 unspecified atom stereocenters. The summed E-state index contributed by atoms with van der Waals surface area (Å²) in [7, 11) is 0. The molecule has 0 atom stereocenters. The fraction of sp³-hybridized carbons (Fsp3) is 0.104. The molecule has 0 bridgehead atoms. The van der Waals surface area contributed by atoms with Gasteiger partial charge in [0.15, 0.2) is 17.5 Å². The fourth-order valence-electron chi connectivity index (χ4n) is 7.60. The monoisotopic (exact) mass is 670 g/mol. The molecule has 0 fully saturated rings. The Kier molecular flexibility index (Phi) is 7.74. The molecule has 7 aromatic rings. The van der Waals surface area contributed by atoms with Crippen LogP contribution in [0.4, 0.5) is 0 Å². The van der Waals surface area contributed by atoms with Crippen LogP contribution in [0.5, 0.6) is 0 Å². The number of nitrogens with one attached hydrogen (secondary N) is 1. The van der Waals surface area contributed by atoms with Gasteiger partial charge in [-0.3, -0.25) is 0 Å². The zero-order valence-electron chi connectivity index (χ0n) is 29.6. The van der Waals surface area contributed by atoms with Gasteiger partial charge in [0, 0.05) is 34.3 Å². The predicted octanol–water partition coefficient (Wildman–Crippen LogP) is 11.4. The highest BCUT2D eigenvalue weighted by Gasteiger charge is 2.35. The number of rotatable bonds is 6. The average molecular weight is 671 g/mol. The summed E-state index contributed by atoms with van der Waals surface area (Å²) >= 11 is 0. The maximum Gasteiger partial charge on any atom is 0.164 e. The Balaban J connectivity index is 1.25. The first kappa shape index (κ1) is 31.6. The van der Waals surface area contributed by atoms with Crippen molar-refractivity contribution in [3.63, 3.8) is 0 Å². The highest BCUT2D eigenvalue weighted by molar-refractivity contribution is 5.87. The maximum atomic E-state index is 5.13. The Morgan fingerprint density at radius 1 is 0.442 bits per heavy atom. The van der Waals surface area contributed by atoms with E-state index in [4.69, 9.17) is 15.0 Å². The highest BCUT2D eigenvalue weighted by atomic mass is 15.0. The summed E-state index contributed by atoms with van der Waals surface area (Å²) < 4.78 is 0. The van der Waals surface area contributed by atoms with E-state index < -0.39 is 0 Å². The van der Waals surface area contributed by atoms with Crippen LogP contribution in [0.1, 0.15) is 37.5 Å². The lowest BCUT2D eigenvalue weighted by Gasteiger charge is -2.21. The molecular weight excluding hydrogens is 633 g/mol. The van der Waals surface area contributed by atoms with Gasteiger partial charge in [0.2, 0.25) is 0 Å². The molecule has 0 saturated carbocycles. The standard InChI is InChI=1S/C48H38N4/c1-31-21-22-37(30-49-31)34-17-12-18-35(25-34)38-26-39(36-23-24-44-42(29-36)41-19-10-11-20-43(41)48(44,2)3)28-40(27-38)47-51-45(32-13-6-4-7-14-32)50-46(52-47)33-15-8-5-9-16-33/h4-29,49H,30H2,1-3H3. The summed E-state index contributed by atoms with van der Waals surface area (Å²) in [5.74, 6) is 1.93. The molecule has 6 aromatic carbocycles. The SMILES string of the molecule is CC1=CC=C(c2cccc(-c3cc(-c4ccc5c(c4)-c4ccccc4C5(C)C)cc(-c4nc(-c5ccccc5)nc(-c5ccccc5)n4)c3)c2)CN1. The van der Waals surface area contributed by atoms with Crippen molar-refractivity contribution in [3.05, 3.63) is 180 Å². The first-order chi connectivity index (χ1) is 25.4. The third-order valence-corrected chi connectivity index (χ3v) is 10.5. The molecule has 2 heterocycles. The lowest BCUT2D eigenvalue weighted by molar-refractivity contribution is 0.660. The van der Waals surface area contributed by atoms with Crippen LogP contribution in [0.15, 0.2) is 163 Å². The van der Waals surface area contributed by atoms with E-state index in [0.29, 0.717) is 17.5 Å². The molecule has 9 rings (SSSR count). The Morgan fingerprint density at radius 2 is 0.962 bits per heavy atom. The number of aromatic nitrogens is 3. The van der Waals surface area contributed by atoms with E-state index >= 15 is 0 Å². The number of fused-ring (bicyclic) bond motifs is 3. The van der Waals surface area contributed by atoms with E-state index in [-0.39, 0.29) is 5.41 Å². The van der Waals surface area contributed by atoms with Crippen LogP contribution in [0.2, 0.25) is 0 Å². The second-order valence-corrected chi connectivity index (χ2v) is 14.2. The van der Waals surface area contributed by atoms with Crippen LogP contribution < -0.4 is 5.32 Å². The van der Waals surface area contributed by atoms with Gasteiger partial charge in [0.25, 0.3) is 0 Å². The predicted molar refractivity (Wildman–Crippen MR) is 214 cm³/mol. The van der Waals surface area contributed by atoms with Gasteiger partial charge in [-0.15, -0.1) is 0 Å². The molecule has 4 nitrogen and oxygen atoms in total. The molecule has 1 aliphatic carbocycles. The van der Waals surface area contributed by atoms with Crippen LogP contribution in [0.25, 0.3) is 73.1 Å². The van der Waals surface area contributed by atoms with Crippen LogP contribution >= 0.6 is 0 Å². The molecule has 1 aliphatic heterocycles. The van der Waals surface area contributed by atoms with Crippen molar-refractivity contribution in [2.45, 2.75) is 26.2 Å². The molecule has 2 aliphatic rings. The first-order valence-corrected chi connectivity index (χ1v) is 17.9. The Labute approximate surface area is 305 Å². The molecule has 0 radical (unpaired) electrons. The van der Waals surface area contributed by atoms with E-state index in [9.17, 15) is 0 Å². The fourth-order valence-corrected chi connectivity index (χ4v) is 7.60. The second kappa shape index (κ2) is 12.7. The lowest BCUT2D eigenvalue weighted by atomic mass is 9.82. The smallest absolute Gasteiger partial charge is 0.164 e. The third-order valence-electron chi connectivity index (χ3n) is 10.5. The minimum Gasteiger partial charge on any atom is -0.384 e. The molecule has 0 spiro atoms. The zero-order valence-corrected chi connectivity index (χ0v) is 29.6. The lowest BCUT2D eigenvalue weighted by Crippen LogP contribution is -2.16.